The van der Waals surface area contributed by atoms with Crippen molar-refractivity contribution in [3.8, 4) is 77.9 Å². The van der Waals surface area contributed by atoms with Crippen molar-refractivity contribution in [1.82, 2.24) is 39.9 Å². The third-order valence-electron chi connectivity index (χ3n) is 26.1. The minimum atomic E-state index is -0.407. The van der Waals surface area contributed by atoms with Gasteiger partial charge in [-0.15, -0.1) is 0 Å². The molecule has 0 fully saturated rings. The number of hydrogen-bond acceptors (Lipinski definition) is 6. The summed E-state index contributed by atoms with van der Waals surface area (Å²) in [6, 6.07) is 61.7. The molecule has 0 saturated heterocycles. The fourth-order valence-electron chi connectivity index (χ4n) is 17.8. The molecule has 0 saturated carbocycles. The summed E-state index contributed by atoms with van der Waals surface area (Å²) in [6.45, 7) is 69.4. The lowest BCUT2D eigenvalue weighted by Crippen LogP contribution is -2.16. The van der Waals surface area contributed by atoms with Crippen LogP contribution in [0, 0.1) is 0 Å². The number of carbonyl (C=O) groups is 1. The van der Waals surface area contributed by atoms with Gasteiger partial charge in [0.1, 0.15) is 0 Å². The Hall–Kier alpha value is -12.0. The molecule has 0 radical (unpaired) electrons. The van der Waals surface area contributed by atoms with Crippen LogP contribution in [0.3, 0.4) is 0 Å². The second-order valence-electron chi connectivity index (χ2n) is 46.6. The van der Waals surface area contributed by atoms with Gasteiger partial charge < -0.3 is 24.7 Å². The van der Waals surface area contributed by atoms with E-state index in [4.69, 9.17) is 24.7 Å². The van der Waals surface area contributed by atoms with Gasteiger partial charge in [0.05, 0.1) is 58.2 Å². The summed E-state index contributed by atoms with van der Waals surface area (Å²) in [6.07, 6.45) is 17.8. The Labute approximate surface area is 760 Å². The third-order valence-corrected chi connectivity index (χ3v) is 26.1. The van der Waals surface area contributed by atoms with Gasteiger partial charge in [-0.3, -0.25) is 0 Å². The Kier molecular flexibility index (Phi) is 22.0. The quantitative estimate of drug-likeness (QED) is 0.112. The van der Waals surface area contributed by atoms with Crippen LogP contribution in [0.15, 0.2) is 164 Å². The van der Waals surface area contributed by atoms with E-state index in [1.807, 2.05) is 24.3 Å². The molecule has 16 rings (SSSR count). The Morgan fingerprint density at radius 1 is 0.203 bits per heavy atom. The van der Waals surface area contributed by atoms with E-state index in [1.54, 1.807) is 0 Å². The second kappa shape index (κ2) is 31.4. The number of nitrogens with zero attached hydrogens (tertiary/aromatic N) is 4. The summed E-state index contributed by atoms with van der Waals surface area (Å²) in [5, 5.41) is 0. The van der Waals surface area contributed by atoms with Gasteiger partial charge >= 0.3 is 5.97 Å². The molecule has 6 aromatic carbocycles. The van der Waals surface area contributed by atoms with Crippen LogP contribution >= 0.6 is 0 Å². The van der Waals surface area contributed by atoms with Crippen LogP contribution in [0.4, 0.5) is 0 Å². The highest BCUT2D eigenvalue weighted by molar-refractivity contribution is 6.07. The number of benzene rings is 6. The first-order chi connectivity index (χ1) is 59.5. The molecule has 10 heteroatoms. The number of methoxy groups -OCH3 is 1. The van der Waals surface area contributed by atoms with Gasteiger partial charge in [-0.2, -0.15) is 0 Å². The van der Waals surface area contributed by atoms with Crippen LogP contribution in [0.1, 0.15) is 319 Å². The zero-order chi connectivity index (χ0) is 92.4. The predicted molar refractivity (Wildman–Crippen MR) is 548 cm³/mol. The van der Waals surface area contributed by atoms with Crippen molar-refractivity contribution in [1.29, 1.82) is 0 Å². The normalized spacial score (nSPS) is 13.6. The van der Waals surface area contributed by atoms with Gasteiger partial charge in [-0.25, -0.2) is 24.7 Å². The highest BCUT2D eigenvalue weighted by atomic mass is 16.5. The number of aromatic nitrogens is 8. The molecular weight excluding hydrogens is 1560 g/mol. The van der Waals surface area contributed by atoms with Crippen molar-refractivity contribution >= 4 is 98.7 Å². The number of H-pyrrole nitrogens is 4. The smallest absolute Gasteiger partial charge is 0.337 e. The first-order valence-electron chi connectivity index (χ1n) is 45.9. The summed E-state index contributed by atoms with van der Waals surface area (Å²) in [7, 11) is 1.42. The minimum absolute atomic E-state index is 0.176. The first-order valence-corrected chi connectivity index (χ1v) is 45.9. The lowest BCUT2D eigenvalue weighted by atomic mass is 9.78. The zero-order valence-corrected chi connectivity index (χ0v) is 81.8. The van der Waals surface area contributed by atoms with E-state index in [0.717, 1.165) is 168 Å². The van der Waals surface area contributed by atoms with Crippen molar-refractivity contribution < 1.29 is 9.53 Å². The highest BCUT2D eigenvalue weighted by Gasteiger charge is 2.33. The molecule has 10 heterocycles. The molecule has 16 bridgehead atoms. The number of nitrogens with one attached hydrogen (secondary N) is 4. The van der Waals surface area contributed by atoms with Crippen LogP contribution in [0.25, 0.3) is 171 Å². The van der Waals surface area contributed by atoms with Crippen molar-refractivity contribution in [3.63, 3.8) is 0 Å². The molecular formula is C118H132N8O2. The zero-order valence-electron chi connectivity index (χ0n) is 81.8. The van der Waals surface area contributed by atoms with E-state index in [9.17, 15) is 4.79 Å². The van der Waals surface area contributed by atoms with Crippen LogP contribution in [-0.2, 0) is 58.9 Å². The van der Waals surface area contributed by atoms with Gasteiger partial charge in [0.25, 0.3) is 0 Å². The van der Waals surface area contributed by atoms with Crippen LogP contribution in [-0.4, -0.2) is 53.0 Å². The van der Waals surface area contributed by atoms with Crippen LogP contribution < -0.4 is 0 Å². The molecule has 4 aliphatic heterocycles. The Balaban J connectivity index is 1.15. The lowest BCUT2D eigenvalue weighted by molar-refractivity contribution is 0.0600. The van der Waals surface area contributed by atoms with Crippen LogP contribution in [0.2, 0.25) is 0 Å². The van der Waals surface area contributed by atoms with Gasteiger partial charge in [-0.1, -0.05) is 311 Å². The van der Waals surface area contributed by atoms with Gasteiger partial charge in [-0.05, 0) is 252 Å². The fraction of sp³-hybridized carbons (Fsp3) is 0.347. The van der Waals surface area contributed by atoms with Crippen molar-refractivity contribution in [2.45, 2.75) is 262 Å². The lowest BCUT2D eigenvalue weighted by Gasteiger charge is -2.26. The molecule has 4 aliphatic rings. The van der Waals surface area contributed by atoms with E-state index in [0.29, 0.717) is 5.56 Å². The second-order valence-corrected chi connectivity index (χ2v) is 46.6. The maximum Gasteiger partial charge on any atom is 0.337 e. The number of carbonyl (C=O) groups excluding carboxylic acids is 1. The number of ether oxygens (including phenoxy) is 1. The molecule has 0 amide bonds. The van der Waals surface area contributed by atoms with Crippen molar-refractivity contribution in [3.05, 3.63) is 271 Å². The summed E-state index contributed by atoms with van der Waals surface area (Å²) < 4.78 is 5.28. The average Bonchev–Trinajstić information content (AvgIpc) is 1.58. The summed E-state index contributed by atoms with van der Waals surface area (Å²) >= 11 is 0. The molecule has 4 N–H and O–H groups in total. The monoisotopic (exact) mass is 1690 g/mol. The average molecular weight is 1690 g/mol. The molecule has 0 spiro atoms. The number of rotatable bonds is 8. The maximum atomic E-state index is 13.3. The number of esters is 1. The van der Waals surface area contributed by atoms with E-state index in [2.05, 4.69) is 416 Å². The van der Waals surface area contributed by atoms with Crippen molar-refractivity contribution in [2.24, 2.45) is 0 Å². The molecule has 10 nitrogen and oxygen atoms in total. The molecule has 0 aliphatic carbocycles. The number of aromatic amines is 4. The standard InChI is InChI=1S/C118H132N8O2/c1-109(2,3)74-52-69(53-75(62-74)110(4,5)6)101-88-40-42-90(121-88)104(72-58-80(115(19,20)21)65-81(59-72)116(22,23)24)94-46-50-98(125-94)107(99-51-47-95(126-99)105(91-43-41-89(101)122-91)73-60-82(117(25,26)27)66-83(61-73)118(28,29)30)106-96-48-44-92(123-96)102(70-54-76(111(7,8)9)63-77(55-70)112(10,11)12)86-38-36-84(119-86)100(67-32-34-68(35-33-67)108(127)128-31)85-37-39-87(120-85)103(93-45-49-97(106)124-93)71-56-78(113(13,14)15)64-79(57-71)114(16,17)18/h32-66,119,121,124,126H,1-31H3. The Morgan fingerprint density at radius 2 is 0.352 bits per heavy atom. The maximum absolute atomic E-state index is 13.3. The third kappa shape index (κ3) is 17.5. The summed E-state index contributed by atoms with van der Waals surface area (Å²) in [5.41, 5.74) is 37.3. The summed E-state index contributed by atoms with van der Waals surface area (Å²) in [4.78, 5) is 54.5. The Morgan fingerprint density at radius 3 is 0.508 bits per heavy atom. The minimum Gasteiger partial charge on any atom is -0.465 e. The Bertz CT molecular complexity index is 6740. The molecule has 656 valence electrons. The van der Waals surface area contributed by atoms with Crippen LogP contribution in [0.5, 0.6) is 0 Å². The molecule has 0 unspecified atom stereocenters. The fourth-order valence-corrected chi connectivity index (χ4v) is 17.8. The van der Waals surface area contributed by atoms with E-state index < -0.39 is 5.97 Å². The number of hydrogen-bond donors (Lipinski definition) is 4. The predicted octanol–water partition coefficient (Wildman–Crippen LogP) is 32.1. The summed E-state index contributed by atoms with van der Waals surface area (Å²) in [5.74, 6) is -0.407. The molecule has 12 aromatic rings. The molecule has 0 atom stereocenters. The SMILES string of the molecule is COC(=O)c1ccc(-c2c3nc(c(-c4cc(C(C)(C)C)cc(C(C)(C)C)c4)c4ccc([nH]4)c(-c4c5nc(c(-c6cc(C(C)(C)C)cc(C(C)(C)C)c6)c6ccc([nH]6)c(-c6cc(C(C)(C)C)cc(C(C)(C)C)c6)c6nc(c(-c7cc(C(C)(C)C)cc(C(C)(C)C)c7)c7ccc4[nH]7)C=C6)C=C5)c4nc(c(-c5cc(C(C)(C)C)cc(C(C)(C)C)c5)c5ccc2[nH]5)C=C4)C=C3)cc1. The van der Waals surface area contributed by atoms with E-state index in [1.165, 1.54) is 62.7 Å². The molecule has 6 aromatic heterocycles. The first kappa shape index (κ1) is 89.4. The topological polar surface area (TPSA) is 141 Å². The van der Waals surface area contributed by atoms with Gasteiger partial charge in [0.2, 0.25) is 0 Å². The van der Waals surface area contributed by atoms with Crippen molar-refractivity contribution in [2.75, 3.05) is 7.11 Å². The van der Waals surface area contributed by atoms with Gasteiger partial charge in [0, 0.05) is 88.6 Å². The van der Waals surface area contributed by atoms with Gasteiger partial charge in [0.15, 0.2) is 0 Å². The van der Waals surface area contributed by atoms with E-state index >= 15 is 0 Å². The number of fused-ring (bicyclic) bond motifs is 16. The largest absolute Gasteiger partial charge is 0.465 e. The highest BCUT2D eigenvalue weighted by Crippen LogP contribution is 2.49. The van der Waals surface area contributed by atoms with E-state index in [-0.39, 0.29) is 54.1 Å². The molecule has 128 heavy (non-hydrogen) atoms.